The van der Waals surface area contributed by atoms with Crippen LogP contribution in [0, 0.1) is 26.6 Å². The molecule has 0 saturated heterocycles. The van der Waals surface area contributed by atoms with Crippen LogP contribution in [-0.2, 0) is 9.84 Å². The Balaban J connectivity index is 2.03. The number of halogens is 1. The fourth-order valence-corrected chi connectivity index (χ4v) is 5.12. The SMILES string of the molecule is Cc1ccc2ncc(C(=O)c3ccc(C)c(C)c3)c(S(=O)(=O)c3ccc(F)cc3)c2c1. The first kappa shape index (κ1) is 20.9. The standard InChI is InChI=1S/C25H20FNO3S/c1-15-4-11-23-21(12-15)25(31(29,30)20-9-7-19(26)8-10-20)22(14-27-23)24(28)18-6-5-16(2)17(3)13-18/h4-14H,1-3H3. The van der Waals surface area contributed by atoms with Gasteiger partial charge in [0.25, 0.3) is 0 Å². The Kier molecular flexibility index (Phi) is 5.19. The number of nitrogens with zero attached hydrogens (tertiary/aromatic N) is 1. The number of sulfone groups is 1. The summed E-state index contributed by atoms with van der Waals surface area (Å²) in [6.45, 7) is 5.67. The molecule has 0 N–H and O–H groups in total. The molecule has 1 heterocycles. The van der Waals surface area contributed by atoms with Crippen LogP contribution in [0.25, 0.3) is 10.9 Å². The molecule has 156 valence electrons. The fraction of sp³-hybridized carbons (Fsp3) is 0.120. The zero-order chi connectivity index (χ0) is 22.3. The van der Waals surface area contributed by atoms with E-state index in [1.165, 1.54) is 18.3 Å². The van der Waals surface area contributed by atoms with Gasteiger partial charge in [-0.3, -0.25) is 9.78 Å². The first-order valence-electron chi connectivity index (χ1n) is 9.70. The normalized spacial score (nSPS) is 11.6. The van der Waals surface area contributed by atoms with Crippen molar-refractivity contribution in [2.45, 2.75) is 30.6 Å². The summed E-state index contributed by atoms with van der Waals surface area (Å²) in [5, 5.41) is 0.360. The highest BCUT2D eigenvalue weighted by atomic mass is 32.2. The second kappa shape index (κ2) is 7.71. The van der Waals surface area contributed by atoms with Crippen molar-refractivity contribution in [3.8, 4) is 0 Å². The monoisotopic (exact) mass is 433 g/mol. The van der Waals surface area contributed by atoms with Crippen LogP contribution >= 0.6 is 0 Å². The van der Waals surface area contributed by atoms with Crippen LogP contribution in [0.3, 0.4) is 0 Å². The summed E-state index contributed by atoms with van der Waals surface area (Å²) in [5.41, 5.74) is 3.63. The van der Waals surface area contributed by atoms with E-state index in [9.17, 15) is 17.6 Å². The van der Waals surface area contributed by atoms with E-state index in [0.29, 0.717) is 16.5 Å². The molecule has 0 bridgehead atoms. The lowest BCUT2D eigenvalue weighted by Gasteiger charge is -2.14. The number of hydrogen-bond acceptors (Lipinski definition) is 4. The molecule has 0 radical (unpaired) electrons. The number of hydrogen-bond donors (Lipinski definition) is 0. The lowest BCUT2D eigenvalue weighted by atomic mass is 9.99. The fourth-order valence-electron chi connectivity index (χ4n) is 3.50. The van der Waals surface area contributed by atoms with Gasteiger partial charge in [0.15, 0.2) is 5.78 Å². The molecule has 0 atom stereocenters. The number of rotatable bonds is 4. The van der Waals surface area contributed by atoms with E-state index in [1.807, 2.05) is 32.9 Å². The molecule has 0 aliphatic rings. The van der Waals surface area contributed by atoms with E-state index < -0.39 is 21.4 Å². The van der Waals surface area contributed by atoms with Crippen molar-refractivity contribution < 1.29 is 17.6 Å². The maximum atomic E-state index is 13.6. The zero-order valence-electron chi connectivity index (χ0n) is 17.3. The van der Waals surface area contributed by atoms with Crippen LogP contribution in [0.15, 0.2) is 76.7 Å². The number of aromatic nitrogens is 1. The minimum Gasteiger partial charge on any atom is -0.289 e. The summed E-state index contributed by atoms with van der Waals surface area (Å²) in [7, 11) is -4.13. The van der Waals surface area contributed by atoms with Crippen LogP contribution in [-0.4, -0.2) is 19.2 Å². The molecule has 1 aromatic heterocycles. The van der Waals surface area contributed by atoms with E-state index in [0.717, 1.165) is 28.8 Å². The van der Waals surface area contributed by atoms with Gasteiger partial charge in [0, 0.05) is 17.1 Å². The molecular formula is C25H20FNO3S. The first-order valence-corrected chi connectivity index (χ1v) is 11.2. The molecule has 0 aliphatic carbocycles. The van der Waals surface area contributed by atoms with Crippen molar-refractivity contribution in [3.63, 3.8) is 0 Å². The van der Waals surface area contributed by atoms with Crippen molar-refractivity contribution >= 4 is 26.5 Å². The average molecular weight is 434 g/mol. The van der Waals surface area contributed by atoms with Crippen LogP contribution in [0.1, 0.15) is 32.6 Å². The number of fused-ring (bicyclic) bond motifs is 1. The molecule has 4 rings (SSSR count). The van der Waals surface area contributed by atoms with E-state index >= 15 is 0 Å². The molecule has 0 saturated carbocycles. The largest absolute Gasteiger partial charge is 0.289 e. The maximum Gasteiger partial charge on any atom is 0.208 e. The molecule has 31 heavy (non-hydrogen) atoms. The topological polar surface area (TPSA) is 64.1 Å². The quantitative estimate of drug-likeness (QED) is 0.321. The summed E-state index contributed by atoms with van der Waals surface area (Å²) >= 11 is 0. The number of aryl methyl sites for hydroxylation is 3. The zero-order valence-corrected chi connectivity index (χ0v) is 18.1. The van der Waals surface area contributed by atoms with Gasteiger partial charge in [0.2, 0.25) is 9.84 Å². The minimum atomic E-state index is -4.13. The van der Waals surface area contributed by atoms with Crippen molar-refractivity contribution in [2.75, 3.05) is 0 Å². The van der Waals surface area contributed by atoms with E-state index in [2.05, 4.69) is 4.98 Å². The Bertz CT molecular complexity index is 1440. The number of ketones is 1. The number of benzene rings is 3. The Morgan fingerprint density at radius 2 is 1.58 bits per heavy atom. The molecule has 6 heteroatoms. The highest BCUT2D eigenvalue weighted by Crippen LogP contribution is 2.32. The van der Waals surface area contributed by atoms with Gasteiger partial charge in [-0.25, -0.2) is 12.8 Å². The summed E-state index contributed by atoms with van der Waals surface area (Å²) in [6.07, 6.45) is 1.31. The van der Waals surface area contributed by atoms with Crippen LogP contribution in [0.4, 0.5) is 4.39 Å². The molecule has 3 aromatic carbocycles. The highest BCUT2D eigenvalue weighted by Gasteiger charge is 2.28. The third-order valence-corrected chi connectivity index (χ3v) is 7.25. The summed E-state index contributed by atoms with van der Waals surface area (Å²) in [5.74, 6) is -0.972. The molecule has 0 aliphatic heterocycles. The predicted octanol–water partition coefficient (Wildman–Crippen LogP) is 5.36. The number of carbonyl (C=O) groups excluding carboxylic acids is 1. The van der Waals surface area contributed by atoms with Gasteiger partial charge in [-0.05, 0) is 74.4 Å². The minimum absolute atomic E-state index is 0.00863. The third kappa shape index (κ3) is 3.75. The lowest BCUT2D eigenvalue weighted by Crippen LogP contribution is -2.13. The van der Waals surface area contributed by atoms with Gasteiger partial charge in [-0.1, -0.05) is 23.8 Å². The predicted molar refractivity (Wildman–Crippen MR) is 118 cm³/mol. The molecule has 0 fully saturated rings. The Labute approximate surface area is 180 Å². The first-order chi connectivity index (χ1) is 14.7. The Hall–Kier alpha value is -3.38. The van der Waals surface area contributed by atoms with Crippen molar-refractivity contribution in [3.05, 3.63) is 100 Å². The van der Waals surface area contributed by atoms with Gasteiger partial charge >= 0.3 is 0 Å². The van der Waals surface area contributed by atoms with Crippen LogP contribution < -0.4 is 0 Å². The Morgan fingerprint density at radius 1 is 0.871 bits per heavy atom. The summed E-state index contributed by atoms with van der Waals surface area (Å²) in [6, 6.07) is 15.1. The third-order valence-electron chi connectivity index (χ3n) is 5.38. The smallest absolute Gasteiger partial charge is 0.208 e. The number of pyridine rings is 1. The van der Waals surface area contributed by atoms with Gasteiger partial charge < -0.3 is 0 Å². The van der Waals surface area contributed by atoms with Gasteiger partial charge in [0.05, 0.1) is 20.9 Å². The van der Waals surface area contributed by atoms with E-state index in [4.69, 9.17) is 0 Å². The lowest BCUT2D eigenvalue weighted by molar-refractivity contribution is 0.103. The Morgan fingerprint density at radius 3 is 2.26 bits per heavy atom. The molecule has 0 unspecified atom stereocenters. The second-order valence-electron chi connectivity index (χ2n) is 7.61. The average Bonchev–Trinajstić information content (AvgIpc) is 2.74. The van der Waals surface area contributed by atoms with E-state index in [1.54, 1.807) is 24.3 Å². The van der Waals surface area contributed by atoms with Crippen LogP contribution in [0.5, 0.6) is 0 Å². The van der Waals surface area contributed by atoms with Crippen molar-refractivity contribution in [2.24, 2.45) is 0 Å². The maximum absolute atomic E-state index is 13.6. The highest BCUT2D eigenvalue weighted by molar-refractivity contribution is 7.91. The van der Waals surface area contributed by atoms with Crippen molar-refractivity contribution in [1.29, 1.82) is 0 Å². The van der Waals surface area contributed by atoms with Gasteiger partial charge in [-0.15, -0.1) is 0 Å². The van der Waals surface area contributed by atoms with Gasteiger partial charge in [-0.2, -0.15) is 0 Å². The van der Waals surface area contributed by atoms with E-state index in [-0.39, 0.29) is 15.4 Å². The molecule has 0 spiro atoms. The summed E-state index contributed by atoms with van der Waals surface area (Å²) in [4.78, 5) is 17.6. The van der Waals surface area contributed by atoms with Crippen molar-refractivity contribution in [1.82, 2.24) is 4.98 Å². The summed E-state index contributed by atoms with van der Waals surface area (Å²) < 4.78 is 40.7. The molecule has 4 aromatic rings. The molecule has 0 amide bonds. The second-order valence-corrected chi connectivity index (χ2v) is 9.49. The van der Waals surface area contributed by atoms with Crippen LogP contribution in [0.2, 0.25) is 0 Å². The van der Waals surface area contributed by atoms with Gasteiger partial charge in [0.1, 0.15) is 5.82 Å². The molecule has 4 nitrogen and oxygen atoms in total. The number of carbonyl (C=O) groups is 1. The molecular weight excluding hydrogens is 413 g/mol.